The number of nitrogens with two attached hydrogens (primary N) is 1. The molecular weight excluding hydrogens is 274 g/mol. The van der Waals surface area contributed by atoms with Crippen LogP contribution in [-0.4, -0.2) is 51.9 Å². The highest BCUT2D eigenvalue weighted by Gasteiger charge is 2.19. The van der Waals surface area contributed by atoms with Crippen molar-refractivity contribution in [3.05, 3.63) is 17.3 Å². The van der Waals surface area contributed by atoms with Crippen LogP contribution in [0.15, 0.2) is 11.4 Å². The first-order chi connectivity index (χ1) is 9.63. The highest BCUT2D eigenvalue weighted by molar-refractivity contribution is 7.16. The van der Waals surface area contributed by atoms with Crippen molar-refractivity contribution >= 4 is 33.3 Å². The molecule has 106 valence electrons. The van der Waals surface area contributed by atoms with Gasteiger partial charge in [0.15, 0.2) is 0 Å². The number of carbonyl (C=O) groups is 1. The van der Waals surface area contributed by atoms with Gasteiger partial charge in [-0.2, -0.15) is 0 Å². The fraction of sp³-hybridized carbons (Fsp3) is 0.462. The second-order valence-electron chi connectivity index (χ2n) is 4.95. The number of nitrogens with zero attached hydrogens (tertiary/aromatic N) is 4. The third-order valence-corrected chi connectivity index (χ3v) is 4.39. The van der Waals surface area contributed by atoms with Crippen molar-refractivity contribution in [3.8, 4) is 0 Å². The zero-order valence-electron chi connectivity index (χ0n) is 11.4. The zero-order valence-corrected chi connectivity index (χ0v) is 12.2. The van der Waals surface area contributed by atoms with Gasteiger partial charge in [-0.3, -0.25) is 9.69 Å². The Balaban J connectivity index is 1.69. The van der Waals surface area contributed by atoms with Crippen LogP contribution >= 0.6 is 11.3 Å². The molecule has 1 saturated heterocycles. The molecule has 2 N–H and O–H groups in total. The van der Waals surface area contributed by atoms with Crippen molar-refractivity contribution in [2.24, 2.45) is 0 Å². The summed E-state index contributed by atoms with van der Waals surface area (Å²) in [6.07, 6.45) is 0. The molecule has 0 radical (unpaired) electrons. The van der Waals surface area contributed by atoms with Crippen LogP contribution in [0.1, 0.15) is 12.7 Å². The first-order valence-corrected chi connectivity index (χ1v) is 7.49. The fourth-order valence-corrected chi connectivity index (χ4v) is 3.21. The van der Waals surface area contributed by atoms with Gasteiger partial charge in [-0.05, 0) is 11.4 Å². The fourth-order valence-electron chi connectivity index (χ4n) is 2.42. The number of nitrogen functional groups attached to an aromatic ring is 1. The molecule has 1 fully saturated rings. The Morgan fingerprint density at radius 1 is 1.35 bits per heavy atom. The first-order valence-electron chi connectivity index (χ1n) is 6.61. The number of hydrogen-bond donors (Lipinski definition) is 1. The molecule has 20 heavy (non-hydrogen) atoms. The Labute approximate surface area is 121 Å². The summed E-state index contributed by atoms with van der Waals surface area (Å²) >= 11 is 1.58. The van der Waals surface area contributed by atoms with Gasteiger partial charge in [-0.25, -0.2) is 9.97 Å². The van der Waals surface area contributed by atoms with Crippen LogP contribution in [0.3, 0.4) is 0 Å². The maximum Gasteiger partial charge on any atom is 0.219 e. The Hall–Kier alpha value is -1.73. The predicted molar refractivity (Wildman–Crippen MR) is 79.4 cm³/mol. The van der Waals surface area contributed by atoms with Crippen LogP contribution in [0.25, 0.3) is 10.2 Å². The van der Waals surface area contributed by atoms with E-state index in [1.54, 1.807) is 18.3 Å². The molecule has 2 aromatic heterocycles. The number of thiophene rings is 1. The van der Waals surface area contributed by atoms with Gasteiger partial charge >= 0.3 is 0 Å². The molecule has 0 bridgehead atoms. The molecule has 2 aromatic rings. The summed E-state index contributed by atoms with van der Waals surface area (Å²) < 4.78 is 0. The minimum absolute atomic E-state index is 0.144. The average Bonchev–Trinajstić information content (AvgIpc) is 2.88. The van der Waals surface area contributed by atoms with Gasteiger partial charge in [-0.1, -0.05) is 0 Å². The van der Waals surface area contributed by atoms with E-state index in [1.807, 2.05) is 16.3 Å². The molecular formula is C13H17N5OS. The van der Waals surface area contributed by atoms with E-state index in [4.69, 9.17) is 5.73 Å². The predicted octanol–water partition coefficient (Wildman–Crippen LogP) is 0.938. The third kappa shape index (κ3) is 2.59. The largest absolute Gasteiger partial charge is 0.383 e. The SMILES string of the molecule is CC(=O)N1CCN(Cc2nc(N)c3ccsc3n2)CC1. The highest BCUT2D eigenvalue weighted by Crippen LogP contribution is 2.23. The summed E-state index contributed by atoms with van der Waals surface area (Å²) in [6, 6.07) is 1.95. The van der Waals surface area contributed by atoms with Crippen LogP contribution in [0.5, 0.6) is 0 Å². The Morgan fingerprint density at radius 2 is 2.10 bits per heavy atom. The molecule has 3 heterocycles. The Kier molecular flexibility index (Phi) is 3.54. The zero-order chi connectivity index (χ0) is 14.1. The number of carbonyl (C=O) groups excluding carboxylic acids is 1. The van der Waals surface area contributed by atoms with Gasteiger partial charge in [0.05, 0.1) is 11.9 Å². The summed E-state index contributed by atoms with van der Waals surface area (Å²) in [5.74, 6) is 1.45. The number of aromatic nitrogens is 2. The van der Waals surface area contributed by atoms with Crippen LogP contribution in [0, 0.1) is 0 Å². The minimum atomic E-state index is 0.144. The molecule has 0 unspecified atom stereocenters. The van der Waals surface area contributed by atoms with Crippen LogP contribution < -0.4 is 5.73 Å². The Bertz CT molecular complexity index is 633. The second kappa shape index (κ2) is 5.34. The van der Waals surface area contributed by atoms with E-state index in [1.165, 1.54) is 0 Å². The van der Waals surface area contributed by atoms with Gasteiger partial charge in [0.2, 0.25) is 5.91 Å². The number of hydrogen-bond acceptors (Lipinski definition) is 6. The number of rotatable bonds is 2. The summed E-state index contributed by atoms with van der Waals surface area (Å²) in [5, 5.41) is 2.91. The third-order valence-electron chi connectivity index (χ3n) is 3.58. The molecule has 1 amide bonds. The molecule has 0 saturated carbocycles. The van der Waals surface area contributed by atoms with Crippen molar-refractivity contribution < 1.29 is 4.79 Å². The molecule has 6 nitrogen and oxygen atoms in total. The second-order valence-corrected chi connectivity index (χ2v) is 5.84. The maximum atomic E-state index is 11.3. The van der Waals surface area contributed by atoms with Gasteiger partial charge in [0, 0.05) is 33.1 Å². The first kappa shape index (κ1) is 13.3. The molecule has 0 atom stereocenters. The van der Waals surface area contributed by atoms with Gasteiger partial charge in [0.25, 0.3) is 0 Å². The molecule has 0 spiro atoms. The topological polar surface area (TPSA) is 75.4 Å². The number of fused-ring (bicyclic) bond motifs is 1. The normalized spacial score (nSPS) is 16.8. The average molecular weight is 291 g/mol. The summed E-state index contributed by atoms with van der Waals surface area (Å²) in [4.78, 5) is 25.3. The van der Waals surface area contributed by atoms with E-state index in [-0.39, 0.29) is 5.91 Å². The van der Waals surface area contributed by atoms with Gasteiger partial charge in [-0.15, -0.1) is 11.3 Å². The van der Waals surface area contributed by atoms with Gasteiger partial charge in [0.1, 0.15) is 16.5 Å². The number of piperazine rings is 1. The monoisotopic (exact) mass is 291 g/mol. The van der Waals surface area contributed by atoms with Crippen molar-refractivity contribution in [3.63, 3.8) is 0 Å². The van der Waals surface area contributed by atoms with E-state index in [2.05, 4.69) is 14.9 Å². The highest BCUT2D eigenvalue weighted by atomic mass is 32.1. The van der Waals surface area contributed by atoms with E-state index in [0.717, 1.165) is 42.2 Å². The smallest absolute Gasteiger partial charge is 0.219 e. The lowest BCUT2D eigenvalue weighted by Crippen LogP contribution is -2.47. The van der Waals surface area contributed by atoms with Gasteiger partial charge < -0.3 is 10.6 Å². The molecule has 0 aliphatic carbocycles. The number of anilines is 1. The maximum absolute atomic E-state index is 11.3. The summed E-state index contributed by atoms with van der Waals surface area (Å²) in [6.45, 7) is 5.54. The molecule has 1 aliphatic rings. The quantitative estimate of drug-likeness (QED) is 0.891. The van der Waals surface area contributed by atoms with Crippen LogP contribution in [0.4, 0.5) is 5.82 Å². The van der Waals surface area contributed by atoms with Crippen molar-refractivity contribution in [1.29, 1.82) is 0 Å². The van der Waals surface area contributed by atoms with E-state index >= 15 is 0 Å². The molecule has 3 rings (SSSR count). The summed E-state index contributed by atoms with van der Waals surface area (Å²) in [5.41, 5.74) is 5.95. The lowest BCUT2D eigenvalue weighted by Gasteiger charge is -2.33. The lowest BCUT2D eigenvalue weighted by molar-refractivity contribution is -0.130. The van der Waals surface area contributed by atoms with E-state index < -0.39 is 0 Å². The molecule has 0 aromatic carbocycles. The van der Waals surface area contributed by atoms with Crippen molar-refractivity contribution in [2.45, 2.75) is 13.5 Å². The molecule has 7 heteroatoms. The van der Waals surface area contributed by atoms with Crippen molar-refractivity contribution in [1.82, 2.24) is 19.8 Å². The van der Waals surface area contributed by atoms with E-state index in [0.29, 0.717) is 12.4 Å². The van der Waals surface area contributed by atoms with E-state index in [9.17, 15) is 4.79 Å². The van der Waals surface area contributed by atoms with Crippen LogP contribution in [-0.2, 0) is 11.3 Å². The molecule has 1 aliphatic heterocycles. The number of amides is 1. The lowest BCUT2D eigenvalue weighted by atomic mass is 10.3. The van der Waals surface area contributed by atoms with Crippen molar-refractivity contribution in [2.75, 3.05) is 31.9 Å². The summed E-state index contributed by atoms with van der Waals surface area (Å²) in [7, 11) is 0. The Morgan fingerprint density at radius 3 is 2.80 bits per heavy atom. The standard InChI is InChI=1S/C13H17N5OS/c1-9(19)18-5-3-17(4-6-18)8-11-15-12(14)10-2-7-20-13(10)16-11/h2,7H,3-6,8H2,1H3,(H2,14,15,16). The minimum Gasteiger partial charge on any atom is -0.383 e. The van der Waals surface area contributed by atoms with Crippen LogP contribution in [0.2, 0.25) is 0 Å².